The topological polar surface area (TPSA) is 46.6 Å². The van der Waals surface area contributed by atoms with E-state index in [2.05, 4.69) is 6.58 Å². The van der Waals surface area contributed by atoms with Crippen LogP contribution in [-0.2, 0) is 9.53 Å². The Morgan fingerprint density at radius 1 is 1.62 bits per heavy atom. The Labute approximate surface area is 95.6 Å². The SMILES string of the molecule is C=CCC1C=CC(=O)N1C(=O)OC(C)(C)C. The molecule has 0 aromatic heterocycles. The quantitative estimate of drug-likeness (QED) is 0.674. The summed E-state index contributed by atoms with van der Waals surface area (Å²) in [5.74, 6) is -0.332. The number of ether oxygens (including phenoxy) is 1. The highest BCUT2D eigenvalue weighted by atomic mass is 16.6. The van der Waals surface area contributed by atoms with Crippen LogP contribution in [0.1, 0.15) is 27.2 Å². The molecule has 0 fully saturated rings. The number of hydrogen-bond acceptors (Lipinski definition) is 3. The highest BCUT2D eigenvalue weighted by molar-refractivity contribution is 6.01. The summed E-state index contributed by atoms with van der Waals surface area (Å²) in [6, 6.07) is -0.264. The van der Waals surface area contributed by atoms with Gasteiger partial charge in [-0.1, -0.05) is 12.2 Å². The van der Waals surface area contributed by atoms with E-state index >= 15 is 0 Å². The summed E-state index contributed by atoms with van der Waals surface area (Å²) in [4.78, 5) is 24.4. The fourth-order valence-corrected chi connectivity index (χ4v) is 1.41. The van der Waals surface area contributed by atoms with Crippen LogP contribution in [0.15, 0.2) is 24.8 Å². The van der Waals surface area contributed by atoms with Gasteiger partial charge in [-0.05, 0) is 27.2 Å². The summed E-state index contributed by atoms with van der Waals surface area (Å²) in [7, 11) is 0. The standard InChI is InChI=1S/C12H17NO3/c1-5-6-9-7-8-10(14)13(9)11(15)16-12(2,3)4/h5,7-9H,1,6H2,2-4H3. The Balaban J connectivity index is 2.74. The van der Waals surface area contributed by atoms with E-state index in [1.165, 1.54) is 6.08 Å². The third-order valence-electron chi connectivity index (χ3n) is 2.03. The van der Waals surface area contributed by atoms with Crippen molar-refractivity contribution < 1.29 is 14.3 Å². The first-order valence-electron chi connectivity index (χ1n) is 5.20. The first-order valence-corrected chi connectivity index (χ1v) is 5.20. The normalized spacial score (nSPS) is 20.1. The lowest BCUT2D eigenvalue weighted by molar-refractivity contribution is -0.125. The van der Waals surface area contributed by atoms with E-state index in [9.17, 15) is 9.59 Å². The molecule has 0 spiro atoms. The van der Waals surface area contributed by atoms with Crippen molar-refractivity contribution in [1.82, 2.24) is 4.90 Å². The fourth-order valence-electron chi connectivity index (χ4n) is 1.41. The molecule has 4 heteroatoms. The van der Waals surface area contributed by atoms with Gasteiger partial charge in [0.25, 0.3) is 5.91 Å². The molecule has 16 heavy (non-hydrogen) atoms. The van der Waals surface area contributed by atoms with E-state index in [4.69, 9.17) is 4.74 Å². The van der Waals surface area contributed by atoms with Crippen molar-refractivity contribution >= 4 is 12.0 Å². The van der Waals surface area contributed by atoms with Gasteiger partial charge in [0.05, 0.1) is 6.04 Å². The highest BCUT2D eigenvalue weighted by Gasteiger charge is 2.33. The van der Waals surface area contributed by atoms with Gasteiger partial charge in [-0.15, -0.1) is 6.58 Å². The van der Waals surface area contributed by atoms with Gasteiger partial charge in [-0.3, -0.25) is 4.79 Å². The van der Waals surface area contributed by atoms with E-state index in [-0.39, 0.29) is 11.9 Å². The maximum atomic E-state index is 11.8. The minimum Gasteiger partial charge on any atom is -0.443 e. The predicted molar refractivity (Wildman–Crippen MR) is 60.8 cm³/mol. The molecule has 2 amide bonds. The maximum Gasteiger partial charge on any atom is 0.417 e. The van der Waals surface area contributed by atoms with Crippen LogP contribution < -0.4 is 0 Å². The molecule has 0 N–H and O–H groups in total. The van der Waals surface area contributed by atoms with Crippen molar-refractivity contribution in [3.05, 3.63) is 24.8 Å². The zero-order valence-electron chi connectivity index (χ0n) is 9.90. The zero-order valence-corrected chi connectivity index (χ0v) is 9.90. The van der Waals surface area contributed by atoms with Crippen LogP contribution in [0.25, 0.3) is 0 Å². The Hall–Kier alpha value is -1.58. The fraction of sp³-hybridized carbons (Fsp3) is 0.500. The summed E-state index contributed by atoms with van der Waals surface area (Å²) in [5, 5.41) is 0. The van der Waals surface area contributed by atoms with E-state index in [0.29, 0.717) is 6.42 Å². The minimum absolute atomic E-state index is 0.264. The second-order valence-corrected chi connectivity index (χ2v) is 4.64. The summed E-state index contributed by atoms with van der Waals surface area (Å²) >= 11 is 0. The molecule has 0 radical (unpaired) electrons. The van der Waals surface area contributed by atoms with E-state index in [1.807, 2.05) is 0 Å². The lowest BCUT2D eigenvalue weighted by Crippen LogP contribution is -2.42. The Bertz CT molecular complexity index is 339. The minimum atomic E-state index is -0.602. The van der Waals surface area contributed by atoms with E-state index < -0.39 is 11.7 Å². The molecule has 1 heterocycles. The van der Waals surface area contributed by atoms with Crippen molar-refractivity contribution in [2.45, 2.75) is 38.8 Å². The Morgan fingerprint density at radius 2 is 2.25 bits per heavy atom. The summed E-state index contributed by atoms with van der Waals surface area (Å²) in [5.41, 5.74) is -0.599. The molecule has 1 aliphatic rings. The average molecular weight is 223 g/mol. The van der Waals surface area contributed by atoms with Crippen molar-refractivity contribution in [1.29, 1.82) is 0 Å². The number of nitrogens with zero attached hydrogens (tertiary/aromatic N) is 1. The monoisotopic (exact) mass is 223 g/mol. The molecule has 0 aromatic rings. The molecular formula is C12H17NO3. The van der Waals surface area contributed by atoms with Crippen LogP contribution >= 0.6 is 0 Å². The van der Waals surface area contributed by atoms with Gasteiger partial charge >= 0.3 is 6.09 Å². The molecule has 0 saturated heterocycles. The van der Waals surface area contributed by atoms with Gasteiger partial charge in [-0.2, -0.15) is 0 Å². The first-order chi connectivity index (χ1) is 7.35. The third-order valence-corrected chi connectivity index (χ3v) is 2.03. The summed E-state index contributed by atoms with van der Waals surface area (Å²) in [6.07, 6.45) is 4.69. The van der Waals surface area contributed by atoms with Gasteiger partial charge in [0.2, 0.25) is 0 Å². The molecule has 0 aromatic carbocycles. The van der Waals surface area contributed by atoms with Crippen molar-refractivity contribution in [3.63, 3.8) is 0 Å². The average Bonchev–Trinajstić information content (AvgIpc) is 2.44. The number of rotatable bonds is 2. The molecule has 0 aliphatic carbocycles. The molecule has 0 bridgehead atoms. The number of carbonyl (C=O) groups excluding carboxylic acids is 2. The zero-order chi connectivity index (χ0) is 12.3. The molecular weight excluding hydrogens is 206 g/mol. The lowest BCUT2D eigenvalue weighted by Gasteiger charge is -2.26. The van der Waals surface area contributed by atoms with Gasteiger partial charge in [-0.25, -0.2) is 9.69 Å². The largest absolute Gasteiger partial charge is 0.443 e. The van der Waals surface area contributed by atoms with Crippen LogP contribution in [0, 0.1) is 0 Å². The number of imide groups is 1. The van der Waals surface area contributed by atoms with Crippen LogP contribution in [0.4, 0.5) is 4.79 Å². The van der Waals surface area contributed by atoms with Crippen LogP contribution in [0.5, 0.6) is 0 Å². The first kappa shape index (κ1) is 12.5. The van der Waals surface area contributed by atoms with E-state index in [1.54, 1.807) is 32.9 Å². The number of hydrogen-bond donors (Lipinski definition) is 0. The molecule has 1 unspecified atom stereocenters. The van der Waals surface area contributed by atoms with Crippen LogP contribution in [0.3, 0.4) is 0 Å². The Kier molecular flexibility index (Phi) is 3.52. The van der Waals surface area contributed by atoms with Crippen LogP contribution in [0.2, 0.25) is 0 Å². The van der Waals surface area contributed by atoms with Crippen molar-refractivity contribution in [2.75, 3.05) is 0 Å². The third kappa shape index (κ3) is 2.95. The van der Waals surface area contributed by atoms with E-state index in [0.717, 1.165) is 4.90 Å². The van der Waals surface area contributed by atoms with Crippen molar-refractivity contribution in [3.8, 4) is 0 Å². The molecule has 88 valence electrons. The Morgan fingerprint density at radius 3 is 2.75 bits per heavy atom. The number of amides is 2. The molecule has 1 atom stereocenters. The predicted octanol–water partition coefficient (Wildman–Crippen LogP) is 2.26. The van der Waals surface area contributed by atoms with Crippen LogP contribution in [-0.4, -0.2) is 28.5 Å². The number of carbonyl (C=O) groups is 2. The second kappa shape index (κ2) is 4.51. The van der Waals surface area contributed by atoms with Crippen molar-refractivity contribution in [2.24, 2.45) is 0 Å². The molecule has 4 nitrogen and oxygen atoms in total. The van der Waals surface area contributed by atoms with Gasteiger partial charge < -0.3 is 4.74 Å². The molecule has 1 aliphatic heterocycles. The van der Waals surface area contributed by atoms with Gasteiger partial charge in [0.1, 0.15) is 5.60 Å². The summed E-state index contributed by atoms with van der Waals surface area (Å²) < 4.78 is 5.16. The smallest absolute Gasteiger partial charge is 0.417 e. The maximum absolute atomic E-state index is 11.8. The van der Waals surface area contributed by atoms with Gasteiger partial charge in [0.15, 0.2) is 0 Å². The second-order valence-electron chi connectivity index (χ2n) is 4.64. The summed E-state index contributed by atoms with van der Waals surface area (Å²) in [6.45, 7) is 8.89. The van der Waals surface area contributed by atoms with Gasteiger partial charge in [0, 0.05) is 6.08 Å². The molecule has 0 saturated carbocycles. The molecule has 1 rings (SSSR count). The highest BCUT2D eigenvalue weighted by Crippen LogP contribution is 2.19. The lowest BCUT2D eigenvalue weighted by atomic mass is 10.2.